The summed E-state index contributed by atoms with van der Waals surface area (Å²) >= 11 is 1.89. The normalized spacial score (nSPS) is 13.1. The number of hydrogen-bond acceptors (Lipinski definition) is 4. The molecule has 0 spiro atoms. The Kier molecular flexibility index (Phi) is 15.2. The van der Waals surface area contributed by atoms with Gasteiger partial charge in [0.15, 0.2) is 5.58 Å². The van der Waals surface area contributed by atoms with Crippen LogP contribution in [0, 0.1) is 0 Å². The second kappa shape index (κ2) is 26.1. The summed E-state index contributed by atoms with van der Waals surface area (Å²) in [6.07, 6.45) is 0. The third kappa shape index (κ3) is 10.3. The maximum Gasteiger partial charge on any atom is 0.159 e. The Balaban J connectivity index is 0.000000137. The van der Waals surface area contributed by atoms with Crippen LogP contribution in [0.4, 0.5) is 34.1 Å². The first kappa shape index (κ1) is 67.4. The maximum atomic E-state index is 6.76. The van der Waals surface area contributed by atoms with Crippen LogP contribution in [0.25, 0.3) is 163 Å². The van der Waals surface area contributed by atoms with Crippen molar-refractivity contribution in [3.8, 4) is 55.9 Å². The topological polar surface area (TPSA) is 29.5 Å². The number of fused-ring (bicyclic) bond motifs is 20. The van der Waals surface area contributed by atoms with Gasteiger partial charge in [0.2, 0.25) is 0 Å². The largest absolute Gasteiger partial charge is 0.454 e. The molecule has 2 aliphatic carbocycles. The van der Waals surface area contributed by atoms with Gasteiger partial charge in [-0.15, -0.1) is 11.3 Å². The molecule has 116 heavy (non-hydrogen) atoms. The van der Waals surface area contributed by atoms with Crippen LogP contribution in [-0.4, -0.2) is 9.13 Å². The highest BCUT2D eigenvalue weighted by Crippen LogP contribution is 2.56. The second-order valence-electron chi connectivity index (χ2n) is 32.2. The van der Waals surface area contributed by atoms with Crippen LogP contribution in [0.1, 0.15) is 49.9 Å². The maximum absolute atomic E-state index is 6.76. The summed E-state index contributed by atoms with van der Waals surface area (Å²) in [5.74, 6) is 0. The molecule has 5 nitrogen and oxygen atoms in total. The minimum absolute atomic E-state index is 0.120. The number of benzene rings is 18. The van der Waals surface area contributed by atoms with Gasteiger partial charge in [-0.1, -0.05) is 295 Å². The van der Waals surface area contributed by atoms with Crippen LogP contribution in [0.3, 0.4) is 0 Å². The van der Waals surface area contributed by atoms with Crippen LogP contribution in [0.2, 0.25) is 0 Å². The molecule has 0 fully saturated rings. The van der Waals surface area contributed by atoms with E-state index >= 15 is 0 Å². The van der Waals surface area contributed by atoms with E-state index in [1.807, 2.05) is 17.4 Å². The van der Waals surface area contributed by atoms with Crippen LogP contribution < -0.4 is 9.80 Å². The Morgan fingerprint density at radius 1 is 0.250 bits per heavy atom. The molecule has 548 valence electrons. The highest BCUT2D eigenvalue weighted by Gasteiger charge is 2.38. The molecule has 2 aliphatic rings. The molecule has 0 amide bonds. The lowest BCUT2D eigenvalue weighted by Gasteiger charge is -2.30. The van der Waals surface area contributed by atoms with E-state index in [1.165, 1.54) is 169 Å². The third-order valence-electron chi connectivity index (χ3n) is 25.2. The van der Waals surface area contributed by atoms with Gasteiger partial charge in [0, 0.05) is 92.1 Å². The van der Waals surface area contributed by atoms with Gasteiger partial charge < -0.3 is 23.4 Å². The Bertz CT molecular complexity index is 7340. The standard InChI is InChI=1S/C55H38N2O.C55H38N2S/c2*1-55(2)47-23-11-8-18-40(47)41-29-28-37(34-48(41)55)57(52-25-14-22-45-44-21-10-13-26-53(44)58-54(45)52)50-32-30-38(39-17-6-7-19-42(39)50)35-27-31-51-46(33-35)43-20-9-12-24-49(43)56(51)36-15-4-3-5-16-36/h2*3-34H,1-2H3. The fourth-order valence-electron chi connectivity index (χ4n) is 19.7. The van der Waals surface area contributed by atoms with Gasteiger partial charge in [0.05, 0.1) is 49.5 Å². The van der Waals surface area contributed by atoms with Crippen molar-refractivity contribution < 1.29 is 4.42 Å². The minimum atomic E-state index is -0.146. The highest BCUT2D eigenvalue weighted by atomic mass is 32.1. The van der Waals surface area contributed by atoms with E-state index < -0.39 is 0 Å². The number of nitrogens with zero attached hydrogens (tertiary/aromatic N) is 4. The van der Waals surface area contributed by atoms with Crippen molar-refractivity contribution >= 4 is 153 Å². The minimum Gasteiger partial charge on any atom is -0.454 e. The molecule has 0 radical (unpaired) electrons. The van der Waals surface area contributed by atoms with Crippen molar-refractivity contribution in [2.24, 2.45) is 0 Å². The summed E-state index contributed by atoms with van der Waals surface area (Å²) in [5.41, 5.74) is 30.9. The monoisotopic (exact) mass is 1500 g/mol. The molecule has 18 aromatic carbocycles. The lowest BCUT2D eigenvalue weighted by atomic mass is 9.82. The Morgan fingerprint density at radius 2 is 0.647 bits per heavy atom. The van der Waals surface area contributed by atoms with Gasteiger partial charge in [-0.2, -0.15) is 0 Å². The van der Waals surface area contributed by atoms with Crippen LogP contribution in [0.15, 0.2) is 393 Å². The van der Waals surface area contributed by atoms with E-state index in [1.54, 1.807) is 0 Å². The number of para-hydroxylation sites is 6. The third-order valence-corrected chi connectivity index (χ3v) is 26.4. The van der Waals surface area contributed by atoms with E-state index in [2.05, 4.69) is 429 Å². The average Bonchev–Trinajstić information content (AvgIpc) is 1.15. The van der Waals surface area contributed by atoms with Gasteiger partial charge in [-0.3, -0.25) is 0 Å². The van der Waals surface area contributed by atoms with Crippen molar-refractivity contribution in [3.05, 3.63) is 411 Å². The molecule has 0 unspecified atom stereocenters. The number of furan rings is 1. The average molecular weight is 1500 g/mol. The number of rotatable bonds is 10. The fraction of sp³-hybridized carbons (Fsp3) is 0.0545. The number of hydrogen-bond donors (Lipinski definition) is 0. The Labute approximate surface area is 676 Å². The molecule has 4 aromatic heterocycles. The van der Waals surface area contributed by atoms with Crippen molar-refractivity contribution in [2.45, 2.75) is 38.5 Å². The smallest absolute Gasteiger partial charge is 0.159 e. The van der Waals surface area contributed by atoms with Gasteiger partial charge in [-0.25, -0.2) is 0 Å². The molecule has 0 atom stereocenters. The molecule has 0 bridgehead atoms. The highest BCUT2D eigenvalue weighted by molar-refractivity contribution is 7.26. The first-order valence-electron chi connectivity index (χ1n) is 40.2. The molecule has 22 aromatic rings. The van der Waals surface area contributed by atoms with Crippen molar-refractivity contribution in [2.75, 3.05) is 9.80 Å². The predicted molar refractivity (Wildman–Crippen MR) is 492 cm³/mol. The quantitative estimate of drug-likeness (QED) is 0.137. The van der Waals surface area contributed by atoms with Crippen molar-refractivity contribution in [1.29, 1.82) is 0 Å². The Hall–Kier alpha value is -14.3. The summed E-state index contributed by atoms with van der Waals surface area (Å²) < 4.78 is 14.1. The first-order valence-corrected chi connectivity index (χ1v) is 41.0. The zero-order valence-corrected chi connectivity index (χ0v) is 65.4. The number of thiophene rings is 1. The first-order chi connectivity index (χ1) is 57.1. The molecule has 0 aliphatic heterocycles. The molecular formula is C110H76N4OS. The summed E-state index contributed by atoms with van der Waals surface area (Å²) in [4.78, 5) is 4.95. The van der Waals surface area contributed by atoms with Gasteiger partial charge >= 0.3 is 0 Å². The van der Waals surface area contributed by atoms with Crippen LogP contribution in [-0.2, 0) is 10.8 Å². The van der Waals surface area contributed by atoms with E-state index in [0.717, 1.165) is 50.4 Å². The summed E-state index contributed by atoms with van der Waals surface area (Å²) in [7, 11) is 0. The fourth-order valence-corrected chi connectivity index (χ4v) is 21.0. The SMILES string of the molecule is CC1(C)c2ccccc2-c2ccc(N(c3ccc(-c4ccc5c(c4)c4ccccc4n5-c4ccccc4)c4ccccc34)c3cccc4c3oc3ccccc34)cc21.CC1(C)c2ccccc2-c2ccc(N(c3ccc(-c4ccc5c(c4)c4ccccc4n5-c4ccccc4)c4ccccc34)c3cccc4c3sc3ccccc34)cc21. The van der Waals surface area contributed by atoms with Gasteiger partial charge in [-0.05, 0) is 199 Å². The van der Waals surface area contributed by atoms with E-state index in [-0.39, 0.29) is 10.8 Å². The van der Waals surface area contributed by atoms with Gasteiger partial charge in [0.1, 0.15) is 5.58 Å². The number of aromatic nitrogens is 2. The summed E-state index contributed by atoms with van der Waals surface area (Å²) in [5, 5.41) is 14.6. The van der Waals surface area contributed by atoms with Gasteiger partial charge in [0.25, 0.3) is 0 Å². The van der Waals surface area contributed by atoms with Crippen molar-refractivity contribution in [1.82, 2.24) is 9.13 Å². The summed E-state index contributed by atoms with van der Waals surface area (Å²) in [6.45, 7) is 9.45. The molecule has 24 rings (SSSR count). The van der Waals surface area contributed by atoms with E-state index in [4.69, 9.17) is 4.42 Å². The molecule has 0 saturated heterocycles. The van der Waals surface area contributed by atoms with Crippen molar-refractivity contribution in [3.63, 3.8) is 0 Å². The Morgan fingerprint density at radius 3 is 1.19 bits per heavy atom. The summed E-state index contributed by atoms with van der Waals surface area (Å²) in [6, 6.07) is 143. The lowest BCUT2D eigenvalue weighted by molar-refractivity contribution is 0.660. The molecule has 0 saturated carbocycles. The van der Waals surface area contributed by atoms with Crippen LogP contribution >= 0.6 is 11.3 Å². The number of anilines is 6. The zero-order chi connectivity index (χ0) is 77.1. The predicted octanol–water partition coefficient (Wildman–Crippen LogP) is 31.0. The molecule has 4 heterocycles. The zero-order valence-electron chi connectivity index (χ0n) is 64.6. The molecule has 6 heteroatoms. The van der Waals surface area contributed by atoms with E-state index in [9.17, 15) is 0 Å². The van der Waals surface area contributed by atoms with E-state index in [0.29, 0.717) is 0 Å². The van der Waals surface area contributed by atoms with Crippen LogP contribution in [0.5, 0.6) is 0 Å². The lowest BCUT2D eigenvalue weighted by Crippen LogP contribution is -2.16. The second-order valence-corrected chi connectivity index (χ2v) is 33.2. The molecular weight excluding hydrogens is 1430 g/mol. The molecule has 0 N–H and O–H groups in total.